The molecule has 2 aliphatic carbocycles. The summed E-state index contributed by atoms with van der Waals surface area (Å²) in [5, 5.41) is 0.822. The lowest BCUT2D eigenvalue weighted by molar-refractivity contribution is 0.222. The Morgan fingerprint density at radius 1 is 0.606 bits per heavy atom. The third-order valence-electron chi connectivity index (χ3n) is 8.83. The second-order valence-electron chi connectivity index (χ2n) is 11.2. The maximum absolute atomic E-state index is 6.00. The first-order chi connectivity index (χ1) is 16.2. The fourth-order valence-electron chi connectivity index (χ4n) is 6.45. The average molecular weight is 465 g/mol. The van der Waals surface area contributed by atoms with Crippen LogP contribution < -0.4 is 0 Å². The maximum Gasteiger partial charge on any atom is 0.0406 e. The summed E-state index contributed by atoms with van der Waals surface area (Å²) in [7, 11) is 0. The van der Waals surface area contributed by atoms with Gasteiger partial charge in [-0.2, -0.15) is 0 Å². The zero-order valence-corrected chi connectivity index (χ0v) is 21.7. The minimum absolute atomic E-state index is 0.792. The topological polar surface area (TPSA) is 0 Å². The number of hydrogen-bond acceptors (Lipinski definition) is 0. The molecule has 0 atom stereocenters. The van der Waals surface area contributed by atoms with Gasteiger partial charge in [0.2, 0.25) is 0 Å². The van der Waals surface area contributed by atoms with Crippen LogP contribution in [0.3, 0.4) is 0 Å². The summed E-state index contributed by atoms with van der Waals surface area (Å²) in [6, 6.07) is 17.9. The lowest BCUT2D eigenvalue weighted by Crippen LogP contribution is -2.17. The predicted octanol–water partition coefficient (Wildman–Crippen LogP) is 10.2. The third-order valence-corrected chi connectivity index (χ3v) is 9.08. The first kappa shape index (κ1) is 24.8. The minimum atomic E-state index is 0.792. The first-order valence-electron chi connectivity index (χ1n) is 14.0. The SMILES string of the molecule is CCCCC1CCC(CCC2CCC(c3ccc(CCc4ccc(Cl)cc4)cc3)CC2)CC1. The van der Waals surface area contributed by atoms with E-state index in [0.717, 1.165) is 41.5 Å². The van der Waals surface area contributed by atoms with Gasteiger partial charge in [-0.25, -0.2) is 0 Å². The number of halogens is 1. The molecule has 0 N–H and O–H groups in total. The Morgan fingerprint density at radius 2 is 1.06 bits per heavy atom. The van der Waals surface area contributed by atoms with Gasteiger partial charge in [0.25, 0.3) is 0 Å². The van der Waals surface area contributed by atoms with Crippen molar-refractivity contribution in [2.24, 2.45) is 17.8 Å². The third kappa shape index (κ3) is 7.88. The van der Waals surface area contributed by atoms with E-state index in [4.69, 9.17) is 11.6 Å². The maximum atomic E-state index is 6.00. The van der Waals surface area contributed by atoms with Crippen molar-refractivity contribution in [2.75, 3.05) is 0 Å². The van der Waals surface area contributed by atoms with Crippen molar-refractivity contribution < 1.29 is 0 Å². The van der Waals surface area contributed by atoms with E-state index in [1.165, 1.54) is 94.6 Å². The molecule has 180 valence electrons. The predicted molar refractivity (Wildman–Crippen MR) is 144 cm³/mol. The Balaban J connectivity index is 1.14. The van der Waals surface area contributed by atoms with E-state index in [-0.39, 0.29) is 0 Å². The van der Waals surface area contributed by atoms with Crippen LogP contribution in [-0.2, 0) is 12.8 Å². The van der Waals surface area contributed by atoms with Crippen molar-refractivity contribution in [2.45, 2.75) is 109 Å². The van der Waals surface area contributed by atoms with Crippen LogP contribution in [-0.4, -0.2) is 0 Å². The molecular formula is C32H45Cl. The van der Waals surface area contributed by atoms with Crippen LogP contribution >= 0.6 is 11.6 Å². The molecule has 2 aliphatic rings. The normalized spacial score (nSPS) is 25.8. The fourth-order valence-corrected chi connectivity index (χ4v) is 6.58. The van der Waals surface area contributed by atoms with Crippen LogP contribution in [0.1, 0.15) is 113 Å². The molecule has 0 radical (unpaired) electrons. The van der Waals surface area contributed by atoms with E-state index >= 15 is 0 Å². The summed E-state index contributed by atoms with van der Waals surface area (Å²) in [4.78, 5) is 0. The van der Waals surface area contributed by atoms with Crippen molar-refractivity contribution >= 4 is 11.6 Å². The molecule has 2 fully saturated rings. The Bertz CT molecular complexity index is 789. The molecule has 0 nitrogen and oxygen atoms in total. The van der Waals surface area contributed by atoms with Gasteiger partial charge in [0.15, 0.2) is 0 Å². The highest BCUT2D eigenvalue weighted by atomic mass is 35.5. The summed E-state index contributed by atoms with van der Waals surface area (Å²) in [5.74, 6) is 3.89. The van der Waals surface area contributed by atoms with Gasteiger partial charge >= 0.3 is 0 Å². The van der Waals surface area contributed by atoms with Crippen molar-refractivity contribution in [3.8, 4) is 0 Å². The van der Waals surface area contributed by atoms with Gasteiger partial charge < -0.3 is 0 Å². The molecule has 0 heterocycles. The Morgan fingerprint density at radius 3 is 1.58 bits per heavy atom. The van der Waals surface area contributed by atoms with Gasteiger partial charge in [-0.1, -0.05) is 113 Å². The number of unbranched alkanes of at least 4 members (excludes halogenated alkanes) is 1. The van der Waals surface area contributed by atoms with E-state index in [9.17, 15) is 0 Å². The molecule has 4 rings (SSSR count). The first-order valence-corrected chi connectivity index (χ1v) is 14.4. The highest BCUT2D eigenvalue weighted by Gasteiger charge is 2.25. The van der Waals surface area contributed by atoms with Gasteiger partial charge in [-0.15, -0.1) is 0 Å². The van der Waals surface area contributed by atoms with E-state index < -0.39 is 0 Å². The number of rotatable bonds is 10. The molecule has 0 bridgehead atoms. The van der Waals surface area contributed by atoms with Gasteiger partial charge in [0.1, 0.15) is 0 Å². The molecule has 0 saturated heterocycles. The van der Waals surface area contributed by atoms with Crippen molar-refractivity contribution in [3.05, 3.63) is 70.2 Å². The molecule has 0 spiro atoms. The van der Waals surface area contributed by atoms with Gasteiger partial charge in [0, 0.05) is 5.02 Å². The van der Waals surface area contributed by atoms with Crippen LogP contribution in [0.5, 0.6) is 0 Å². The van der Waals surface area contributed by atoms with Gasteiger partial charge in [-0.3, -0.25) is 0 Å². The Kier molecular flexibility index (Phi) is 9.78. The summed E-state index contributed by atoms with van der Waals surface area (Å²) in [6.07, 6.45) is 21.3. The second kappa shape index (κ2) is 13.0. The fraction of sp³-hybridized carbons (Fsp3) is 0.625. The van der Waals surface area contributed by atoms with E-state index in [1.54, 1.807) is 5.56 Å². The average Bonchev–Trinajstić information content (AvgIpc) is 2.87. The van der Waals surface area contributed by atoms with Crippen LogP contribution in [0.25, 0.3) is 0 Å². The molecule has 0 amide bonds. The molecular weight excluding hydrogens is 420 g/mol. The Labute approximate surface area is 208 Å². The van der Waals surface area contributed by atoms with Crippen LogP contribution in [0.4, 0.5) is 0 Å². The smallest absolute Gasteiger partial charge is 0.0406 e. The standard InChI is InChI=1S/C32H45Cl/c1-2-3-4-25-5-7-26(8-6-25)9-10-27-13-19-30(20-14-27)31-21-15-28(16-22-31)11-12-29-17-23-32(33)24-18-29/h15-18,21-27,30H,2-14,19-20H2,1H3. The molecule has 1 heteroatoms. The quantitative estimate of drug-likeness (QED) is 0.328. The molecule has 2 aromatic rings. The Hall–Kier alpha value is -1.27. The van der Waals surface area contributed by atoms with Gasteiger partial charge in [-0.05, 0) is 91.0 Å². The van der Waals surface area contributed by atoms with Crippen molar-refractivity contribution in [3.63, 3.8) is 0 Å². The highest BCUT2D eigenvalue weighted by molar-refractivity contribution is 6.30. The lowest BCUT2D eigenvalue weighted by Gasteiger charge is -2.32. The largest absolute Gasteiger partial charge is 0.0843 e. The second-order valence-corrected chi connectivity index (χ2v) is 11.6. The lowest BCUT2D eigenvalue weighted by atomic mass is 9.74. The van der Waals surface area contributed by atoms with E-state index in [2.05, 4.69) is 43.3 Å². The zero-order chi connectivity index (χ0) is 22.9. The number of aryl methyl sites for hydroxylation is 2. The summed E-state index contributed by atoms with van der Waals surface area (Å²) in [6.45, 7) is 2.33. The molecule has 0 aromatic heterocycles. The monoisotopic (exact) mass is 464 g/mol. The molecule has 0 unspecified atom stereocenters. The molecule has 2 aromatic carbocycles. The van der Waals surface area contributed by atoms with Crippen molar-refractivity contribution in [1.82, 2.24) is 0 Å². The van der Waals surface area contributed by atoms with E-state index in [0.29, 0.717) is 0 Å². The van der Waals surface area contributed by atoms with E-state index in [1.807, 2.05) is 12.1 Å². The number of hydrogen-bond donors (Lipinski definition) is 0. The minimum Gasteiger partial charge on any atom is -0.0843 e. The summed E-state index contributed by atoms with van der Waals surface area (Å²) >= 11 is 6.00. The highest BCUT2D eigenvalue weighted by Crippen LogP contribution is 2.40. The summed E-state index contributed by atoms with van der Waals surface area (Å²) < 4.78 is 0. The zero-order valence-electron chi connectivity index (χ0n) is 20.9. The van der Waals surface area contributed by atoms with Crippen molar-refractivity contribution in [1.29, 1.82) is 0 Å². The molecule has 2 saturated carbocycles. The van der Waals surface area contributed by atoms with Crippen LogP contribution in [0, 0.1) is 17.8 Å². The molecule has 0 aliphatic heterocycles. The summed E-state index contributed by atoms with van der Waals surface area (Å²) in [5.41, 5.74) is 4.40. The number of benzene rings is 2. The van der Waals surface area contributed by atoms with Crippen LogP contribution in [0.2, 0.25) is 5.02 Å². The van der Waals surface area contributed by atoms with Gasteiger partial charge in [0.05, 0.1) is 0 Å². The van der Waals surface area contributed by atoms with Crippen LogP contribution in [0.15, 0.2) is 48.5 Å². The molecule has 33 heavy (non-hydrogen) atoms.